The number of carbonyl (C=O) groups excluding carboxylic acids is 1. The second kappa shape index (κ2) is 4.46. The highest BCUT2D eigenvalue weighted by atomic mass is 16.6. The maximum atomic E-state index is 12.1. The molecule has 0 unspecified atom stereocenters. The zero-order valence-corrected chi connectivity index (χ0v) is 11.3. The highest BCUT2D eigenvalue weighted by Crippen LogP contribution is 2.31. The second-order valence-corrected chi connectivity index (χ2v) is 5.08. The summed E-state index contributed by atoms with van der Waals surface area (Å²) in [5.74, 6) is 0.238. The fourth-order valence-electron chi connectivity index (χ4n) is 1.72. The third kappa shape index (κ3) is 2.47. The summed E-state index contributed by atoms with van der Waals surface area (Å²) in [4.78, 5) is 16.0. The molecule has 0 spiro atoms. The van der Waals surface area contributed by atoms with E-state index in [1.165, 1.54) is 24.1 Å². The molecule has 0 aromatic carbocycles. The number of aromatic hydroxyl groups is 1. The Morgan fingerprint density at radius 3 is 2.68 bits per heavy atom. The number of methoxy groups -OCH3 is 1. The summed E-state index contributed by atoms with van der Waals surface area (Å²) in [6, 6.07) is 1.61. The highest BCUT2D eigenvalue weighted by Gasteiger charge is 2.22. The molecule has 0 atom stereocenters. The van der Waals surface area contributed by atoms with Gasteiger partial charge in [0.1, 0.15) is 16.9 Å². The molecule has 2 aromatic rings. The van der Waals surface area contributed by atoms with Gasteiger partial charge in [-0.25, -0.2) is 14.3 Å². The van der Waals surface area contributed by atoms with Crippen LogP contribution in [-0.2, 0) is 4.74 Å². The van der Waals surface area contributed by atoms with Crippen LogP contribution >= 0.6 is 0 Å². The molecule has 2 aromatic heterocycles. The quantitative estimate of drug-likeness (QED) is 0.856. The molecule has 19 heavy (non-hydrogen) atoms. The lowest BCUT2D eigenvalue weighted by Gasteiger charge is -2.20. The predicted molar refractivity (Wildman–Crippen MR) is 69.6 cm³/mol. The molecule has 0 aliphatic rings. The van der Waals surface area contributed by atoms with Gasteiger partial charge in [0.25, 0.3) is 0 Å². The first-order valence-corrected chi connectivity index (χ1v) is 5.80. The lowest BCUT2D eigenvalue weighted by molar-refractivity contribution is 0.0543. The van der Waals surface area contributed by atoms with Crippen LogP contribution in [0.4, 0.5) is 4.79 Å². The molecule has 0 bridgehead atoms. The first-order valence-electron chi connectivity index (χ1n) is 5.80. The predicted octanol–water partition coefficient (Wildman–Crippen LogP) is 2.53. The number of aromatic nitrogens is 2. The molecule has 0 radical (unpaired) electrons. The van der Waals surface area contributed by atoms with Crippen molar-refractivity contribution in [3.63, 3.8) is 0 Å². The van der Waals surface area contributed by atoms with Crippen molar-refractivity contribution < 1.29 is 19.4 Å². The van der Waals surface area contributed by atoms with E-state index in [1.54, 1.807) is 26.8 Å². The van der Waals surface area contributed by atoms with Crippen molar-refractivity contribution in [1.82, 2.24) is 9.55 Å². The van der Waals surface area contributed by atoms with Gasteiger partial charge in [-0.3, -0.25) is 0 Å². The fourth-order valence-corrected chi connectivity index (χ4v) is 1.72. The molecular weight excluding hydrogens is 248 g/mol. The van der Waals surface area contributed by atoms with E-state index >= 15 is 0 Å². The lowest BCUT2D eigenvalue weighted by Crippen LogP contribution is -2.26. The molecule has 2 rings (SSSR count). The standard InChI is InChI=1S/C13H16N2O4/c1-13(2,3)19-12(17)15-6-5-8-9(16)7-14-11(18-4)10(8)15/h5-7,16H,1-4H3. The van der Waals surface area contributed by atoms with E-state index in [0.29, 0.717) is 10.9 Å². The van der Waals surface area contributed by atoms with Gasteiger partial charge in [0.05, 0.1) is 13.3 Å². The number of fused-ring (bicyclic) bond motifs is 1. The normalized spacial score (nSPS) is 11.6. The van der Waals surface area contributed by atoms with Gasteiger partial charge >= 0.3 is 6.09 Å². The Bertz CT molecular complexity index is 625. The number of hydrogen-bond donors (Lipinski definition) is 1. The van der Waals surface area contributed by atoms with Crippen LogP contribution in [-0.4, -0.2) is 33.5 Å². The van der Waals surface area contributed by atoms with Crippen LogP contribution in [0.1, 0.15) is 20.8 Å². The maximum Gasteiger partial charge on any atom is 0.419 e. The molecular formula is C13H16N2O4. The van der Waals surface area contributed by atoms with Gasteiger partial charge in [-0.1, -0.05) is 0 Å². The van der Waals surface area contributed by atoms with Crippen molar-refractivity contribution in [1.29, 1.82) is 0 Å². The number of hydrogen-bond acceptors (Lipinski definition) is 5. The number of carbonyl (C=O) groups is 1. The Morgan fingerprint density at radius 2 is 2.11 bits per heavy atom. The minimum atomic E-state index is -0.606. The molecule has 2 heterocycles. The third-order valence-electron chi connectivity index (χ3n) is 2.45. The Hall–Kier alpha value is -2.24. The van der Waals surface area contributed by atoms with Crippen molar-refractivity contribution in [3.8, 4) is 11.6 Å². The lowest BCUT2D eigenvalue weighted by atomic mass is 10.2. The molecule has 6 nitrogen and oxygen atoms in total. The minimum Gasteiger partial charge on any atom is -0.506 e. The Kier molecular flexibility index (Phi) is 3.09. The Labute approximate surface area is 110 Å². The van der Waals surface area contributed by atoms with E-state index in [1.807, 2.05) is 0 Å². The molecule has 102 valence electrons. The zero-order chi connectivity index (χ0) is 14.2. The third-order valence-corrected chi connectivity index (χ3v) is 2.45. The average Bonchev–Trinajstić information content (AvgIpc) is 2.73. The molecule has 0 aliphatic heterocycles. The molecule has 6 heteroatoms. The van der Waals surface area contributed by atoms with E-state index in [-0.39, 0.29) is 11.6 Å². The van der Waals surface area contributed by atoms with Crippen LogP contribution in [0.3, 0.4) is 0 Å². The average molecular weight is 264 g/mol. The van der Waals surface area contributed by atoms with E-state index in [0.717, 1.165) is 0 Å². The fraction of sp³-hybridized carbons (Fsp3) is 0.385. The van der Waals surface area contributed by atoms with Crippen LogP contribution in [0.15, 0.2) is 18.5 Å². The topological polar surface area (TPSA) is 73.6 Å². The van der Waals surface area contributed by atoms with Gasteiger partial charge in [0, 0.05) is 11.6 Å². The first kappa shape index (κ1) is 13.2. The van der Waals surface area contributed by atoms with E-state index < -0.39 is 11.7 Å². The zero-order valence-electron chi connectivity index (χ0n) is 11.3. The smallest absolute Gasteiger partial charge is 0.419 e. The first-order chi connectivity index (χ1) is 8.83. The highest BCUT2D eigenvalue weighted by molar-refractivity contribution is 5.95. The van der Waals surface area contributed by atoms with Gasteiger partial charge in [0.2, 0.25) is 5.88 Å². The van der Waals surface area contributed by atoms with Gasteiger partial charge in [-0.05, 0) is 26.8 Å². The van der Waals surface area contributed by atoms with E-state index in [9.17, 15) is 9.90 Å². The monoisotopic (exact) mass is 264 g/mol. The van der Waals surface area contributed by atoms with Crippen molar-refractivity contribution in [2.24, 2.45) is 0 Å². The summed E-state index contributed by atoms with van der Waals surface area (Å²) in [7, 11) is 1.45. The molecule has 0 saturated heterocycles. The summed E-state index contributed by atoms with van der Waals surface area (Å²) < 4.78 is 11.7. The number of rotatable bonds is 1. The minimum absolute atomic E-state index is 0.0156. The van der Waals surface area contributed by atoms with Crippen LogP contribution < -0.4 is 4.74 Å². The SMILES string of the molecule is COc1ncc(O)c2ccn(C(=O)OC(C)(C)C)c12. The van der Waals surface area contributed by atoms with E-state index in [2.05, 4.69) is 4.98 Å². The van der Waals surface area contributed by atoms with Crippen molar-refractivity contribution in [3.05, 3.63) is 18.5 Å². The van der Waals surface area contributed by atoms with E-state index in [4.69, 9.17) is 9.47 Å². The van der Waals surface area contributed by atoms with Crippen LogP contribution in [0.5, 0.6) is 11.6 Å². The summed E-state index contributed by atoms with van der Waals surface area (Å²) >= 11 is 0. The van der Waals surface area contributed by atoms with Gasteiger partial charge in [-0.15, -0.1) is 0 Å². The Balaban J connectivity index is 2.56. The summed E-state index contributed by atoms with van der Waals surface area (Å²) in [5, 5.41) is 10.2. The van der Waals surface area contributed by atoms with Crippen molar-refractivity contribution >= 4 is 17.0 Å². The number of ether oxygens (including phenoxy) is 2. The number of nitrogens with zero attached hydrogens (tertiary/aromatic N) is 2. The largest absolute Gasteiger partial charge is 0.506 e. The van der Waals surface area contributed by atoms with Crippen molar-refractivity contribution in [2.45, 2.75) is 26.4 Å². The molecule has 1 N–H and O–H groups in total. The van der Waals surface area contributed by atoms with Crippen LogP contribution in [0.25, 0.3) is 10.9 Å². The van der Waals surface area contributed by atoms with Gasteiger partial charge < -0.3 is 14.6 Å². The van der Waals surface area contributed by atoms with Gasteiger partial charge in [0.15, 0.2) is 0 Å². The van der Waals surface area contributed by atoms with Crippen molar-refractivity contribution in [2.75, 3.05) is 7.11 Å². The maximum absolute atomic E-state index is 12.1. The Morgan fingerprint density at radius 1 is 1.42 bits per heavy atom. The summed E-state index contributed by atoms with van der Waals surface area (Å²) in [5.41, 5.74) is -0.220. The number of pyridine rings is 1. The second-order valence-electron chi connectivity index (χ2n) is 5.08. The molecule has 0 amide bonds. The van der Waals surface area contributed by atoms with Gasteiger partial charge in [-0.2, -0.15) is 0 Å². The summed E-state index contributed by atoms with van der Waals surface area (Å²) in [6.45, 7) is 5.34. The molecule has 0 saturated carbocycles. The van der Waals surface area contributed by atoms with Crippen LogP contribution in [0.2, 0.25) is 0 Å². The van der Waals surface area contributed by atoms with Crippen LogP contribution in [0, 0.1) is 0 Å². The molecule has 0 fully saturated rings. The summed E-state index contributed by atoms with van der Waals surface area (Å²) in [6.07, 6.45) is 2.25. The molecule has 0 aliphatic carbocycles.